The average molecular weight is 220 g/mol. The van der Waals surface area contributed by atoms with E-state index in [1.54, 1.807) is 0 Å². The molecule has 2 aliphatic rings. The standard InChI is InChI=1S/C15H24O/c1-9-10(2)12-13(11(9)3)15(6,16)8-7-14(12,4)5/h13,16H,7-8H2,1-6H3. The van der Waals surface area contributed by atoms with Gasteiger partial charge in [-0.2, -0.15) is 0 Å². The number of aliphatic hydroxyl groups is 1. The summed E-state index contributed by atoms with van der Waals surface area (Å²) in [6.45, 7) is 13.2. The molecule has 0 aliphatic heterocycles. The molecule has 1 saturated carbocycles. The molecule has 0 aromatic carbocycles. The first-order chi connectivity index (χ1) is 7.18. The molecule has 90 valence electrons. The van der Waals surface area contributed by atoms with Crippen molar-refractivity contribution in [2.24, 2.45) is 11.3 Å². The summed E-state index contributed by atoms with van der Waals surface area (Å²) >= 11 is 0. The minimum atomic E-state index is -0.548. The molecule has 1 N–H and O–H groups in total. The molecular weight excluding hydrogens is 196 g/mol. The minimum Gasteiger partial charge on any atom is -0.389 e. The highest BCUT2D eigenvalue weighted by Gasteiger charge is 2.49. The van der Waals surface area contributed by atoms with E-state index < -0.39 is 5.60 Å². The largest absolute Gasteiger partial charge is 0.389 e. The maximum absolute atomic E-state index is 10.6. The number of fused-ring (bicyclic) bond motifs is 1. The Balaban J connectivity index is 2.60. The molecule has 1 nitrogen and oxygen atoms in total. The topological polar surface area (TPSA) is 20.2 Å². The van der Waals surface area contributed by atoms with E-state index >= 15 is 0 Å². The first kappa shape index (κ1) is 11.9. The van der Waals surface area contributed by atoms with E-state index in [4.69, 9.17) is 0 Å². The van der Waals surface area contributed by atoms with E-state index in [0.717, 1.165) is 12.8 Å². The minimum absolute atomic E-state index is 0.246. The van der Waals surface area contributed by atoms with Crippen LogP contribution in [0.4, 0.5) is 0 Å². The van der Waals surface area contributed by atoms with Gasteiger partial charge in [-0.15, -0.1) is 0 Å². The second kappa shape index (κ2) is 3.22. The molecule has 1 fully saturated rings. The highest BCUT2D eigenvalue weighted by Crippen LogP contribution is 2.56. The lowest BCUT2D eigenvalue weighted by molar-refractivity contribution is -0.0159. The van der Waals surface area contributed by atoms with Crippen LogP contribution in [0.25, 0.3) is 0 Å². The molecule has 2 unspecified atom stereocenters. The number of allylic oxidation sites excluding steroid dienone is 2. The third-order valence-corrected chi connectivity index (χ3v) is 4.89. The van der Waals surface area contributed by atoms with Gasteiger partial charge in [-0.05, 0) is 57.1 Å². The van der Waals surface area contributed by atoms with E-state index in [2.05, 4.69) is 34.6 Å². The summed E-state index contributed by atoms with van der Waals surface area (Å²) < 4.78 is 0. The molecule has 0 radical (unpaired) electrons. The lowest BCUT2D eigenvalue weighted by atomic mass is 9.61. The van der Waals surface area contributed by atoms with Crippen molar-refractivity contribution in [2.45, 2.75) is 60.0 Å². The quantitative estimate of drug-likeness (QED) is 0.657. The van der Waals surface area contributed by atoms with Crippen LogP contribution in [0.2, 0.25) is 0 Å². The van der Waals surface area contributed by atoms with Crippen LogP contribution < -0.4 is 0 Å². The van der Waals surface area contributed by atoms with Gasteiger partial charge in [-0.25, -0.2) is 0 Å². The zero-order valence-corrected chi connectivity index (χ0v) is 11.4. The van der Waals surface area contributed by atoms with E-state index in [0.29, 0.717) is 0 Å². The van der Waals surface area contributed by atoms with Crippen molar-refractivity contribution in [2.75, 3.05) is 0 Å². The summed E-state index contributed by atoms with van der Waals surface area (Å²) in [6, 6.07) is 0. The van der Waals surface area contributed by atoms with Crippen LogP contribution in [-0.2, 0) is 0 Å². The van der Waals surface area contributed by atoms with Crippen LogP contribution in [-0.4, -0.2) is 10.7 Å². The van der Waals surface area contributed by atoms with Gasteiger partial charge in [0, 0.05) is 5.92 Å². The molecule has 2 atom stereocenters. The van der Waals surface area contributed by atoms with Crippen LogP contribution >= 0.6 is 0 Å². The Morgan fingerprint density at radius 2 is 1.56 bits per heavy atom. The van der Waals surface area contributed by atoms with Gasteiger partial charge in [0.15, 0.2) is 0 Å². The van der Waals surface area contributed by atoms with Crippen molar-refractivity contribution in [3.63, 3.8) is 0 Å². The van der Waals surface area contributed by atoms with Gasteiger partial charge in [0.25, 0.3) is 0 Å². The zero-order valence-electron chi connectivity index (χ0n) is 11.4. The predicted molar refractivity (Wildman–Crippen MR) is 68.2 cm³/mol. The number of rotatable bonds is 0. The molecule has 0 bridgehead atoms. The van der Waals surface area contributed by atoms with E-state index in [-0.39, 0.29) is 11.3 Å². The van der Waals surface area contributed by atoms with Crippen LogP contribution in [0.1, 0.15) is 54.4 Å². The summed E-state index contributed by atoms with van der Waals surface area (Å²) in [5.74, 6) is 0.260. The Labute approximate surface area is 99.3 Å². The fourth-order valence-electron chi connectivity index (χ4n) is 3.67. The summed E-state index contributed by atoms with van der Waals surface area (Å²) in [7, 11) is 0. The van der Waals surface area contributed by atoms with Gasteiger partial charge >= 0.3 is 0 Å². The van der Waals surface area contributed by atoms with Crippen LogP contribution in [0, 0.1) is 11.3 Å². The Morgan fingerprint density at radius 1 is 1.00 bits per heavy atom. The highest BCUT2D eigenvalue weighted by atomic mass is 16.3. The summed E-state index contributed by atoms with van der Waals surface area (Å²) in [4.78, 5) is 0. The van der Waals surface area contributed by atoms with Crippen molar-refractivity contribution in [3.05, 3.63) is 22.3 Å². The Hall–Kier alpha value is -0.560. The third kappa shape index (κ3) is 1.41. The molecule has 16 heavy (non-hydrogen) atoms. The van der Waals surface area contributed by atoms with Gasteiger partial charge in [0.1, 0.15) is 0 Å². The highest BCUT2D eigenvalue weighted by molar-refractivity contribution is 5.51. The first-order valence-corrected chi connectivity index (χ1v) is 6.30. The Kier molecular flexibility index (Phi) is 2.40. The van der Waals surface area contributed by atoms with E-state index in [1.807, 2.05) is 6.92 Å². The maximum Gasteiger partial charge on any atom is 0.0722 e. The number of hydrogen-bond donors (Lipinski definition) is 1. The fraction of sp³-hybridized carbons (Fsp3) is 0.733. The normalized spacial score (nSPS) is 38.1. The second-order valence-electron chi connectivity index (χ2n) is 6.52. The third-order valence-electron chi connectivity index (χ3n) is 4.89. The van der Waals surface area contributed by atoms with Crippen molar-refractivity contribution in [1.82, 2.24) is 0 Å². The molecule has 0 amide bonds. The second-order valence-corrected chi connectivity index (χ2v) is 6.52. The molecule has 0 spiro atoms. The lowest BCUT2D eigenvalue weighted by Crippen LogP contribution is -2.44. The van der Waals surface area contributed by atoms with Crippen LogP contribution in [0.3, 0.4) is 0 Å². The van der Waals surface area contributed by atoms with Crippen LogP contribution in [0.15, 0.2) is 22.3 Å². The molecule has 0 aromatic heterocycles. The lowest BCUT2D eigenvalue weighted by Gasteiger charge is -2.46. The SMILES string of the molecule is CC1=C(C)C2C(=C1C)C(C)(C)CCC2(C)O. The predicted octanol–water partition coefficient (Wildman–Crippen LogP) is 3.84. The van der Waals surface area contributed by atoms with Gasteiger partial charge in [0.05, 0.1) is 5.60 Å². The average Bonchev–Trinajstić information content (AvgIpc) is 2.40. The molecule has 2 rings (SSSR count). The number of hydrogen-bond acceptors (Lipinski definition) is 1. The zero-order chi connectivity index (χ0) is 12.3. The van der Waals surface area contributed by atoms with Gasteiger partial charge in [0.2, 0.25) is 0 Å². The van der Waals surface area contributed by atoms with Crippen molar-refractivity contribution in [3.8, 4) is 0 Å². The summed E-state index contributed by atoms with van der Waals surface area (Å²) in [6.07, 6.45) is 2.00. The van der Waals surface area contributed by atoms with Gasteiger partial charge < -0.3 is 5.11 Å². The first-order valence-electron chi connectivity index (χ1n) is 6.30. The summed E-state index contributed by atoms with van der Waals surface area (Å²) in [5, 5.41) is 10.6. The molecule has 1 heteroatoms. The molecule has 0 aromatic rings. The van der Waals surface area contributed by atoms with Crippen LogP contribution in [0.5, 0.6) is 0 Å². The van der Waals surface area contributed by atoms with E-state index in [1.165, 1.54) is 22.3 Å². The van der Waals surface area contributed by atoms with Gasteiger partial charge in [-0.1, -0.05) is 25.0 Å². The monoisotopic (exact) mass is 220 g/mol. The van der Waals surface area contributed by atoms with Crippen molar-refractivity contribution in [1.29, 1.82) is 0 Å². The van der Waals surface area contributed by atoms with E-state index in [9.17, 15) is 5.11 Å². The van der Waals surface area contributed by atoms with Crippen molar-refractivity contribution >= 4 is 0 Å². The Bertz CT molecular complexity index is 394. The molecule has 0 saturated heterocycles. The maximum atomic E-state index is 10.6. The Morgan fingerprint density at radius 3 is 2.06 bits per heavy atom. The molecular formula is C15H24O. The fourth-order valence-corrected chi connectivity index (χ4v) is 3.67. The van der Waals surface area contributed by atoms with Crippen molar-refractivity contribution < 1.29 is 5.11 Å². The molecule has 0 heterocycles. The summed E-state index contributed by atoms with van der Waals surface area (Å²) in [5.41, 5.74) is 5.39. The molecule has 2 aliphatic carbocycles. The smallest absolute Gasteiger partial charge is 0.0722 e. The van der Waals surface area contributed by atoms with Gasteiger partial charge in [-0.3, -0.25) is 0 Å².